The van der Waals surface area contributed by atoms with Crippen LogP contribution < -0.4 is 0 Å². The number of azo groups is 1. The van der Waals surface area contributed by atoms with Crippen molar-refractivity contribution in [2.24, 2.45) is 5.11 Å². The summed E-state index contributed by atoms with van der Waals surface area (Å²) in [6.07, 6.45) is 3.12. The van der Waals surface area contributed by atoms with Crippen LogP contribution >= 0.6 is 12.0 Å². The molecule has 0 aliphatic carbocycles. The van der Waals surface area contributed by atoms with Crippen LogP contribution in [0.25, 0.3) is 6.08 Å². The molecule has 0 fully saturated rings. The van der Waals surface area contributed by atoms with Crippen molar-refractivity contribution in [1.29, 1.82) is 0 Å². The molecule has 0 unspecified atom stereocenters. The fraction of sp³-hybridized carbons (Fsp3) is 0.125. The number of hydrogen-bond acceptors (Lipinski definition) is 8. The van der Waals surface area contributed by atoms with Crippen LogP contribution in [-0.2, 0) is 19.5 Å². The molecule has 11 heteroatoms. The van der Waals surface area contributed by atoms with Gasteiger partial charge in [0.15, 0.2) is 0 Å². The molecule has 0 aliphatic rings. The Kier molecular flexibility index (Phi) is 7.07. The van der Waals surface area contributed by atoms with E-state index in [0.29, 0.717) is 21.8 Å². The molecule has 2 aromatic rings. The van der Waals surface area contributed by atoms with E-state index in [0.717, 1.165) is 11.6 Å². The molecule has 0 bridgehead atoms. The number of rotatable bonds is 7. The Hall–Kier alpha value is -2.28. The molecule has 27 heavy (non-hydrogen) atoms. The third-order valence-corrected chi connectivity index (χ3v) is 5.03. The molecule has 0 saturated heterocycles. The van der Waals surface area contributed by atoms with Crippen LogP contribution in [-0.4, -0.2) is 23.1 Å². The van der Waals surface area contributed by atoms with Crippen molar-refractivity contribution in [2.45, 2.75) is 23.6 Å². The van der Waals surface area contributed by atoms with E-state index in [1.807, 2.05) is 0 Å². The van der Waals surface area contributed by atoms with Gasteiger partial charge in [0.25, 0.3) is 10.1 Å². The summed E-state index contributed by atoms with van der Waals surface area (Å²) < 4.78 is 36.9. The van der Waals surface area contributed by atoms with Crippen molar-refractivity contribution in [3.05, 3.63) is 58.8 Å². The minimum absolute atomic E-state index is 0.0376. The molecule has 9 nitrogen and oxygen atoms in total. The highest BCUT2D eigenvalue weighted by molar-refractivity contribution is 7.94. The van der Waals surface area contributed by atoms with Gasteiger partial charge in [0.2, 0.25) is 5.69 Å². The van der Waals surface area contributed by atoms with Gasteiger partial charge >= 0.3 is 0 Å². The number of nitrogens with zero attached hydrogens (tertiary/aromatic N) is 2. The molecule has 0 aliphatic heterocycles. The maximum Gasteiger partial charge on any atom is 0.295 e. The predicted octanol–water partition coefficient (Wildman–Crippen LogP) is 4.63. The molecule has 0 atom stereocenters. The second kappa shape index (κ2) is 9.08. The highest BCUT2D eigenvalue weighted by Gasteiger charge is 2.16. The van der Waals surface area contributed by atoms with E-state index < -0.39 is 10.1 Å². The fourth-order valence-electron chi connectivity index (χ4n) is 2.14. The minimum Gasteiger partial charge on any atom is -0.594 e. The first-order valence-electron chi connectivity index (χ1n) is 7.45. The minimum atomic E-state index is -4.49. The quantitative estimate of drug-likeness (QED) is 0.168. The van der Waals surface area contributed by atoms with Gasteiger partial charge in [0.1, 0.15) is 10.6 Å². The van der Waals surface area contributed by atoms with E-state index in [2.05, 4.69) is 14.5 Å². The summed E-state index contributed by atoms with van der Waals surface area (Å²) >= 11 is 0.699. The molecule has 0 radical (unpaired) electrons. The van der Waals surface area contributed by atoms with Crippen LogP contribution in [0, 0.1) is 12.1 Å². The Morgan fingerprint density at radius 3 is 2.63 bits per heavy atom. The zero-order valence-corrected chi connectivity index (χ0v) is 15.9. The topological polar surface area (TPSA) is 131 Å². The largest absolute Gasteiger partial charge is 0.594 e. The smallest absolute Gasteiger partial charge is 0.295 e. The molecule has 0 aromatic heterocycles. The van der Waals surface area contributed by atoms with Crippen molar-refractivity contribution in [2.75, 3.05) is 0 Å². The monoisotopic (exact) mass is 412 g/mol. The summed E-state index contributed by atoms with van der Waals surface area (Å²) in [7, 11) is -4.49. The van der Waals surface area contributed by atoms with E-state index in [9.17, 15) is 18.2 Å². The summed E-state index contributed by atoms with van der Waals surface area (Å²) in [5, 5.41) is 27.9. The second-order valence-electron chi connectivity index (χ2n) is 5.25. The highest BCUT2D eigenvalue weighted by Crippen LogP contribution is 2.29. The molecule has 0 amide bonds. The first kappa shape index (κ1) is 21.0. The molecular formula is C16H16N2O7S2. The summed E-state index contributed by atoms with van der Waals surface area (Å²) in [4.78, 5) is 0.436. The van der Waals surface area contributed by atoms with Crippen molar-refractivity contribution in [3.63, 3.8) is 0 Å². The van der Waals surface area contributed by atoms with Crippen LogP contribution in [0.5, 0.6) is 0 Å². The Morgan fingerprint density at radius 1 is 1.26 bits per heavy atom. The standard InChI is InChI=1S/C16H16N2O7S2/c1-3-4-12-6-7-13(9-16(12)27(21,22)23)17-18(19)14-8-5-11(2)15(10-14)26-25-24-20/h3-10,20H,1-2H3,(H,21,22,23)/b4-3+,18-17?. The normalized spacial score (nSPS) is 12.7. The zero-order chi connectivity index (χ0) is 20.0. The van der Waals surface area contributed by atoms with Gasteiger partial charge in [-0.1, -0.05) is 34.2 Å². The lowest BCUT2D eigenvalue weighted by Gasteiger charge is -2.06. The van der Waals surface area contributed by atoms with Crippen LogP contribution in [0.3, 0.4) is 0 Å². The van der Waals surface area contributed by atoms with Gasteiger partial charge < -0.3 is 5.21 Å². The van der Waals surface area contributed by atoms with Crippen LogP contribution in [0.2, 0.25) is 0 Å². The summed E-state index contributed by atoms with van der Waals surface area (Å²) in [6, 6.07) is 8.57. The lowest BCUT2D eigenvalue weighted by molar-refractivity contribution is -0.435. The van der Waals surface area contributed by atoms with E-state index in [4.69, 9.17) is 5.26 Å². The Bertz CT molecular complexity index is 988. The van der Waals surface area contributed by atoms with E-state index in [-0.39, 0.29) is 21.8 Å². The van der Waals surface area contributed by atoms with E-state index in [1.165, 1.54) is 30.3 Å². The SMILES string of the molecule is C/C=C/c1ccc(N=[N+]([O-])c2ccc(C)c(SOOO)c2)cc1S(=O)(=O)O. The predicted molar refractivity (Wildman–Crippen MR) is 98.2 cm³/mol. The number of hydrogen-bond donors (Lipinski definition) is 2. The van der Waals surface area contributed by atoms with Crippen LogP contribution in [0.1, 0.15) is 18.1 Å². The Balaban J connectivity index is 2.44. The van der Waals surface area contributed by atoms with Crippen molar-refractivity contribution >= 4 is 39.6 Å². The maximum absolute atomic E-state index is 12.3. The van der Waals surface area contributed by atoms with Crippen molar-refractivity contribution in [3.8, 4) is 0 Å². The average Bonchev–Trinajstić information content (AvgIpc) is 2.61. The van der Waals surface area contributed by atoms with Crippen molar-refractivity contribution in [1.82, 2.24) is 0 Å². The molecule has 0 saturated carbocycles. The molecule has 0 heterocycles. The molecule has 144 valence electrons. The van der Waals surface area contributed by atoms with Gasteiger partial charge in [-0.15, -0.1) is 4.33 Å². The van der Waals surface area contributed by atoms with E-state index >= 15 is 0 Å². The molecule has 2 aromatic carbocycles. The third-order valence-electron chi connectivity index (χ3n) is 3.37. The number of benzene rings is 2. The summed E-state index contributed by atoms with van der Waals surface area (Å²) in [5.41, 5.74) is 1.20. The molecule has 2 N–H and O–H groups in total. The number of aryl methyl sites for hydroxylation is 1. The van der Waals surface area contributed by atoms with E-state index in [1.54, 1.807) is 26.0 Å². The second-order valence-corrected chi connectivity index (χ2v) is 7.38. The third kappa shape index (κ3) is 5.60. The van der Waals surface area contributed by atoms with Gasteiger partial charge in [0, 0.05) is 22.1 Å². The molecule has 0 spiro atoms. The average molecular weight is 412 g/mol. The summed E-state index contributed by atoms with van der Waals surface area (Å²) in [5.74, 6) is 0. The van der Waals surface area contributed by atoms with Crippen LogP contribution in [0.15, 0.2) is 57.4 Å². The van der Waals surface area contributed by atoms with Gasteiger partial charge in [0.05, 0.1) is 12.0 Å². The lowest BCUT2D eigenvalue weighted by atomic mass is 10.2. The van der Waals surface area contributed by atoms with Gasteiger partial charge in [-0.25, -0.2) is 5.26 Å². The van der Waals surface area contributed by atoms with Crippen LogP contribution in [0.4, 0.5) is 11.4 Å². The summed E-state index contributed by atoms with van der Waals surface area (Å²) in [6.45, 7) is 3.46. The zero-order valence-electron chi connectivity index (χ0n) is 14.3. The maximum atomic E-state index is 12.3. The number of allylic oxidation sites excluding steroid dienone is 1. The van der Waals surface area contributed by atoms with Crippen molar-refractivity contribution < 1.29 is 32.5 Å². The Labute approximate surface area is 160 Å². The lowest BCUT2D eigenvalue weighted by Crippen LogP contribution is -2.01. The highest BCUT2D eigenvalue weighted by atomic mass is 32.2. The first-order valence-corrected chi connectivity index (χ1v) is 9.63. The van der Waals surface area contributed by atoms with Gasteiger partial charge in [-0.05, 0) is 37.1 Å². The first-order chi connectivity index (χ1) is 12.8. The molecular weight excluding hydrogens is 396 g/mol. The molecule has 2 rings (SSSR count). The van der Waals surface area contributed by atoms with Gasteiger partial charge in [-0.2, -0.15) is 8.42 Å². The van der Waals surface area contributed by atoms with Gasteiger partial charge in [-0.3, -0.25) is 4.55 Å². The Morgan fingerprint density at radius 2 is 2.00 bits per heavy atom. The fourth-order valence-corrected chi connectivity index (χ4v) is 3.31.